The number of halogens is 3. The molecule has 88 valence electrons. The summed E-state index contributed by atoms with van der Waals surface area (Å²) in [7, 11) is 0. The summed E-state index contributed by atoms with van der Waals surface area (Å²) < 4.78 is 3.67. The van der Waals surface area contributed by atoms with Gasteiger partial charge in [0.2, 0.25) is 9.70 Å². The highest BCUT2D eigenvalue weighted by molar-refractivity contribution is 6.68. The van der Waals surface area contributed by atoms with Crippen molar-refractivity contribution in [2.75, 3.05) is 13.2 Å². The maximum Gasteiger partial charge on any atom is 0.234 e. The molecule has 0 aliphatic carbocycles. The van der Waals surface area contributed by atoms with E-state index in [1.165, 1.54) is 4.90 Å². The van der Waals surface area contributed by atoms with E-state index in [1.54, 1.807) is 0 Å². The summed E-state index contributed by atoms with van der Waals surface area (Å²) in [6, 6.07) is 0. The molecule has 0 N–H and O–H groups in total. The summed E-state index contributed by atoms with van der Waals surface area (Å²) in [4.78, 5) is 13.2. The van der Waals surface area contributed by atoms with Crippen molar-refractivity contribution < 1.29 is 9.53 Å². The molecule has 1 heterocycles. The minimum absolute atomic E-state index is 0.00863. The van der Waals surface area contributed by atoms with E-state index in [1.807, 2.05) is 6.92 Å². The van der Waals surface area contributed by atoms with Crippen molar-refractivity contribution in [3.8, 4) is 0 Å². The lowest BCUT2D eigenvalue weighted by Crippen LogP contribution is -2.43. The second-order valence-corrected chi connectivity index (χ2v) is 5.82. The second-order valence-electron chi connectivity index (χ2n) is 3.46. The van der Waals surface area contributed by atoms with Crippen LogP contribution in [-0.2, 0) is 9.53 Å². The topological polar surface area (TPSA) is 29.5 Å². The predicted octanol–water partition coefficient (Wildman–Crippen LogP) is 2.73. The van der Waals surface area contributed by atoms with E-state index < -0.39 is 10.0 Å². The van der Waals surface area contributed by atoms with Gasteiger partial charge in [0.15, 0.2) is 6.23 Å². The summed E-state index contributed by atoms with van der Waals surface area (Å²) in [5.74, 6) is -0.00863. The van der Waals surface area contributed by atoms with Gasteiger partial charge in [-0.3, -0.25) is 4.79 Å². The number of hydrogen-bond donors (Lipinski definition) is 0. The Balaban J connectivity index is 2.56. The molecule has 1 aliphatic heterocycles. The lowest BCUT2D eigenvalue weighted by atomic mass is 10.2. The number of alkyl halides is 3. The molecule has 15 heavy (non-hydrogen) atoms. The molecule has 1 rings (SSSR count). The fourth-order valence-electron chi connectivity index (χ4n) is 1.47. The normalized spacial score (nSPS) is 22.1. The zero-order valence-corrected chi connectivity index (χ0v) is 10.8. The predicted molar refractivity (Wildman–Crippen MR) is 61.3 cm³/mol. The first kappa shape index (κ1) is 13.4. The van der Waals surface area contributed by atoms with E-state index in [0.717, 1.165) is 12.8 Å². The van der Waals surface area contributed by atoms with E-state index in [0.29, 0.717) is 19.6 Å². The number of rotatable bonds is 3. The highest BCUT2D eigenvalue weighted by Crippen LogP contribution is 2.36. The maximum atomic E-state index is 11.7. The van der Waals surface area contributed by atoms with Crippen LogP contribution in [0.25, 0.3) is 0 Å². The van der Waals surface area contributed by atoms with Gasteiger partial charge in [-0.15, -0.1) is 0 Å². The van der Waals surface area contributed by atoms with Gasteiger partial charge in [-0.25, -0.2) is 0 Å². The summed E-state index contributed by atoms with van der Waals surface area (Å²) in [6.45, 7) is 2.96. The molecule has 1 unspecified atom stereocenters. The summed E-state index contributed by atoms with van der Waals surface area (Å²) >= 11 is 17.2. The van der Waals surface area contributed by atoms with Crippen molar-refractivity contribution in [1.82, 2.24) is 4.90 Å². The van der Waals surface area contributed by atoms with Crippen molar-refractivity contribution in [1.29, 1.82) is 0 Å². The van der Waals surface area contributed by atoms with Gasteiger partial charge in [0, 0.05) is 13.0 Å². The number of carbonyl (C=O) groups is 1. The first-order chi connectivity index (χ1) is 6.96. The molecule has 1 aliphatic rings. The molecule has 1 amide bonds. The van der Waals surface area contributed by atoms with Gasteiger partial charge < -0.3 is 9.64 Å². The van der Waals surface area contributed by atoms with Crippen LogP contribution >= 0.6 is 34.8 Å². The van der Waals surface area contributed by atoms with Gasteiger partial charge in [0.1, 0.15) is 0 Å². The van der Waals surface area contributed by atoms with Crippen molar-refractivity contribution >= 4 is 40.7 Å². The summed E-state index contributed by atoms with van der Waals surface area (Å²) in [6.07, 6.45) is 1.56. The zero-order chi connectivity index (χ0) is 11.5. The zero-order valence-electron chi connectivity index (χ0n) is 8.51. The highest BCUT2D eigenvalue weighted by atomic mass is 35.6. The van der Waals surface area contributed by atoms with Crippen LogP contribution in [0.15, 0.2) is 0 Å². The third kappa shape index (κ3) is 3.66. The molecule has 1 saturated heterocycles. The molecule has 0 aromatic rings. The number of hydrogen-bond acceptors (Lipinski definition) is 2. The van der Waals surface area contributed by atoms with Crippen LogP contribution in [0.3, 0.4) is 0 Å². The molecule has 0 spiro atoms. The first-order valence-electron chi connectivity index (χ1n) is 4.94. The Morgan fingerprint density at radius 3 is 2.73 bits per heavy atom. The number of carbonyl (C=O) groups excluding carboxylic acids is 1. The molecule has 1 fully saturated rings. The van der Waals surface area contributed by atoms with Crippen LogP contribution in [-0.4, -0.2) is 34.0 Å². The lowest BCUT2D eigenvalue weighted by molar-refractivity contribution is -0.135. The van der Waals surface area contributed by atoms with Crippen LogP contribution in [0.2, 0.25) is 0 Å². The van der Waals surface area contributed by atoms with Crippen LogP contribution in [0.4, 0.5) is 0 Å². The monoisotopic (exact) mass is 273 g/mol. The molecule has 0 bridgehead atoms. The quantitative estimate of drug-likeness (QED) is 0.741. The largest absolute Gasteiger partial charge is 0.352 e. The Morgan fingerprint density at radius 1 is 1.53 bits per heavy atom. The van der Waals surface area contributed by atoms with Gasteiger partial charge in [-0.05, 0) is 6.42 Å². The standard InChI is InChI=1S/C9H14Cl3NO2/c1-2-3-4-7(14)13-5-6-15-8(13)9(10,11)12/h8H,2-6H2,1H3. The molecule has 1 atom stereocenters. The molecule has 0 saturated carbocycles. The van der Waals surface area contributed by atoms with Crippen molar-refractivity contribution in [2.24, 2.45) is 0 Å². The number of nitrogens with zero attached hydrogens (tertiary/aromatic N) is 1. The van der Waals surface area contributed by atoms with Crippen LogP contribution in [0.5, 0.6) is 0 Å². The Bertz CT molecular complexity index is 230. The van der Waals surface area contributed by atoms with Crippen LogP contribution in [0, 0.1) is 0 Å². The number of unbranched alkanes of at least 4 members (excludes halogenated alkanes) is 1. The molecule has 0 aromatic carbocycles. The summed E-state index contributed by atoms with van der Waals surface area (Å²) in [5.41, 5.74) is 0. The number of ether oxygens (including phenoxy) is 1. The Morgan fingerprint density at radius 2 is 2.20 bits per heavy atom. The second kappa shape index (κ2) is 5.58. The Kier molecular flexibility index (Phi) is 4.97. The van der Waals surface area contributed by atoms with Crippen molar-refractivity contribution in [3.05, 3.63) is 0 Å². The van der Waals surface area contributed by atoms with E-state index in [2.05, 4.69) is 0 Å². The van der Waals surface area contributed by atoms with Crippen molar-refractivity contribution in [3.63, 3.8) is 0 Å². The van der Waals surface area contributed by atoms with E-state index in [4.69, 9.17) is 39.5 Å². The molecular formula is C9H14Cl3NO2. The SMILES string of the molecule is CCCCC(=O)N1CCOC1C(Cl)(Cl)Cl. The van der Waals surface area contributed by atoms with Gasteiger partial charge in [0.05, 0.1) is 6.61 Å². The molecule has 0 aromatic heterocycles. The van der Waals surface area contributed by atoms with E-state index >= 15 is 0 Å². The third-order valence-corrected chi connectivity index (χ3v) is 2.80. The van der Waals surface area contributed by atoms with E-state index in [-0.39, 0.29) is 5.91 Å². The fourth-order valence-corrected chi connectivity index (χ4v) is 2.01. The molecule has 6 heteroatoms. The minimum atomic E-state index is -1.57. The molecule has 0 radical (unpaired) electrons. The highest BCUT2D eigenvalue weighted by Gasteiger charge is 2.43. The first-order valence-corrected chi connectivity index (χ1v) is 6.08. The van der Waals surface area contributed by atoms with Crippen LogP contribution < -0.4 is 0 Å². The fraction of sp³-hybridized carbons (Fsp3) is 0.889. The average Bonchev–Trinajstić information content (AvgIpc) is 2.61. The van der Waals surface area contributed by atoms with Crippen LogP contribution in [0.1, 0.15) is 26.2 Å². The summed E-state index contributed by atoms with van der Waals surface area (Å²) in [5, 5.41) is 0. The third-order valence-electron chi connectivity index (χ3n) is 2.24. The number of amides is 1. The average molecular weight is 275 g/mol. The van der Waals surface area contributed by atoms with Gasteiger partial charge >= 0.3 is 0 Å². The van der Waals surface area contributed by atoms with Gasteiger partial charge in [-0.1, -0.05) is 48.1 Å². The van der Waals surface area contributed by atoms with E-state index in [9.17, 15) is 4.79 Å². The Hall–Kier alpha value is 0.300. The van der Waals surface area contributed by atoms with Gasteiger partial charge in [-0.2, -0.15) is 0 Å². The minimum Gasteiger partial charge on any atom is -0.352 e. The smallest absolute Gasteiger partial charge is 0.234 e. The van der Waals surface area contributed by atoms with Gasteiger partial charge in [0.25, 0.3) is 0 Å². The molecule has 3 nitrogen and oxygen atoms in total. The Labute approximate surface area is 105 Å². The molecular weight excluding hydrogens is 260 g/mol. The maximum absolute atomic E-state index is 11.7. The lowest BCUT2D eigenvalue weighted by Gasteiger charge is -2.28. The van der Waals surface area contributed by atoms with Crippen molar-refractivity contribution in [2.45, 2.75) is 36.2 Å².